The Morgan fingerprint density at radius 3 is 2.25 bits per heavy atom. The summed E-state index contributed by atoms with van der Waals surface area (Å²) in [5.74, 6) is -1.66. The van der Waals surface area contributed by atoms with Crippen LogP contribution in [0.5, 0.6) is 11.6 Å². The maximum atomic E-state index is 14.4. The van der Waals surface area contributed by atoms with E-state index in [-0.39, 0.29) is 18.1 Å². The maximum absolute atomic E-state index is 14.4. The molecule has 2 unspecified atom stereocenters. The van der Waals surface area contributed by atoms with Crippen molar-refractivity contribution in [1.29, 1.82) is 5.26 Å². The van der Waals surface area contributed by atoms with Crippen molar-refractivity contribution < 1.29 is 36.2 Å². The fourth-order valence-corrected chi connectivity index (χ4v) is 4.05. The molecule has 0 aliphatic heterocycles. The van der Waals surface area contributed by atoms with E-state index in [0.717, 1.165) is 18.2 Å². The van der Waals surface area contributed by atoms with Crippen LogP contribution in [0, 0.1) is 17.1 Å². The van der Waals surface area contributed by atoms with Crippen molar-refractivity contribution in [2.75, 3.05) is 13.3 Å². The van der Waals surface area contributed by atoms with Gasteiger partial charge in [0.25, 0.3) is 5.91 Å². The summed E-state index contributed by atoms with van der Waals surface area (Å²) in [7, 11) is 0. The van der Waals surface area contributed by atoms with E-state index in [9.17, 15) is 32.0 Å². The van der Waals surface area contributed by atoms with Crippen LogP contribution >= 0.6 is 0 Å². The Kier molecular flexibility index (Phi) is 9.03. The number of hydrogen-bond donors (Lipinski definition) is 1. The number of aromatic nitrogens is 1. The van der Waals surface area contributed by atoms with Crippen LogP contribution in [0.15, 0.2) is 60.8 Å². The topological polar surface area (TPSA) is 84.2 Å². The van der Waals surface area contributed by atoms with Crippen molar-refractivity contribution in [1.82, 2.24) is 10.3 Å². The van der Waals surface area contributed by atoms with Gasteiger partial charge in [-0.25, -0.2) is 13.8 Å². The Hall–Kier alpha value is -4.20. The number of carbonyl (C=O) groups excluding carboxylic acids is 1. The first-order valence-electron chi connectivity index (χ1n) is 12.2. The molecule has 0 radical (unpaired) electrons. The highest BCUT2D eigenvalue weighted by molar-refractivity contribution is 5.85. The molecule has 3 aromatic rings. The number of nitrogens with one attached hydrogen (secondary N) is 1. The summed E-state index contributed by atoms with van der Waals surface area (Å²) in [6, 6.07) is 14.1. The van der Waals surface area contributed by atoms with Gasteiger partial charge >= 0.3 is 6.18 Å². The lowest BCUT2D eigenvalue weighted by Gasteiger charge is -2.40. The molecule has 0 aliphatic carbocycles. The molecule has 0 saturated carbocycles. The molecule has 0 spiro atoms. The zero-order valence-corrected chi connectivity index (χ0v) is 22.3. The summed E-state index contributed by atoms with van der Waals surface area (Å²) in [6.07, 6.45) is -3.97. The van der Waals surface area contributed by atoms with Gasteiger partial charge in [-0.1, -0.05) is 19.1 Å². The minimum Gasteiger partial charge on any atom is -0.491 e. The third-order valence-corrected chi connectivity index (χ3v) is 6.56. The minimum absolute atomic E-state index is 0.0996. The molecular weight excluding hydrogens is 532 g/mol. The van der Waals surface area contributed by atoms with Gasteiger partial charge in [0.15, 0.2) is 5.60 Å². The van der Waals surface area contributed by atoms with E-state index in [2.05, 4.69) is 10.3 Å². The lowest BCUT2D eigenvalue weighted by Crippen LogP contribution is -2.55. The van der Waals surface area contributed by atoms with Gasteiger partial charge in [0, 0.05) is 18.2 Å². The lowest BCUT2D eigenvalue weighted by molar-refractivity contribution is -0.139. The molecule has 0 bridgehead atoms. The highest BCUT2D eigenvalue weighted by atomic mass is 19.4. The van der Waals surface area contributed by atoms with Crippen molar-refractivity contribution in [2.24, 2.45) is 0 Å². The average Bonchev–Trinajstić information content (AvgIpc) is 2.90. The van der Waals surface area contributed by atoms with E-state index in [0.29, 0.717) is 23.1 Å². The molecule has 0 fully saturated rings. The van der Waals surface area contributed by atoms with E-state index in [1.807, 2.05) is 6.07 Å². The van der Waals surface area contributed by atoms with Crippen LogP contribution in [0.3, 0.4) is 0 Å². The predicted molar refractivity (Wildman–Crippen MR) is 137 cm³/mol. The number of nitriles is 1. The first kappa shape index (κ1) is 30.3. The fourth-order valence-electron chi connectivity index (χ4n) is 4.05. The van der Waals surface area contributed by atoms with Crippen LogP contribution in [0.25, 0.3) is 0 Å². The Labute approximate surface area is 228 Å². The highest BCUT2D eigenvalue weighted by Crippen LogP contribution is 2.39. The van der Waals surface area contributed by atoms with E-state index >= 15 is 0 Å². The number of carbonyl (C=O) groups is 1. The molecular formula is C29H28F5N3O3. The van der Waals surface area contributed by atoms with Gasteiger partial charge in [0.05, 0.1) is 22.7 Å². The van der Waals surface area contributed by atoms with Gasteiger partial charge in [-0.15, -0.1) is 0 Å². The number of rotatable bonds is 10. The molecule has 0 aliphatic rings. The van der Waals surface area contributed by atoms with Gasteiger partial charge in [-0.05, 0) is 68.3 Å². The second-order valence-electron chi connectivity index (χ2n) is 9.82. The number of alkyl halides is 4. The van der Waals surface area contributed by atoms with Gasteiger partial charge in [0.2, 0.25) is 5.88 Å². The smallest absolute Gasteiger partial charge is 0.417 e. The lowest BCUT2D eigenvalue weighted by atomic mass is 9.76. The van der Waals surface area contributed by atoms with Crippen LogP contribution in [0.1, 0.15) is 55.9 Å². The van der Waals surface area contributed by atoms with Crippen molar-refractivity contribution in [2.45, 2.75) is 50.9 Å². The summed E-state index contributed by atoms with van der Waals surface area (Å²) in [5, 5.41) is 12.3. The Morgan fingerprint density at radius 1 is 1.05 bits per heavy atom. The van der Waals surface area contributed by atoms with Crippen molar-refractivity contribution in [3.8, 4) is 17.7 Å². The molecule has 2 atom stereocenters. The summed E-state index contributed by atoms with van der Waals surface area (Å²) in [4.78, 5) is 17.3. The maximum Gasteiger partial charge on any atom is 0.417 e. The molecule has 212 valence electrons. The molecule has 40 heavy (non-hydrogen) atoms. The zero-order valence-electron chi connectivity index (χ0n) is 22.3. The number of halogens is 5. The largest absolute Gasteiger partial charge is 0.491 e. The van der Waals surface area contributed by atoms with Gasteiger partial charge in [-0.3, -0.25) is 4.79 Å². The number of hydrogen-bond acceptors (Lipinski definition) is 5. The Morgan fingerprint density at radius 2 is 1.70 bits per heavy atom. The number of nitrogens with zero attached hydrogens (tertiary/aromatic N) is 2. The number of pyridine rings is 1. The molecule has 1 aromatic heterocycles. The molecule has 1 N–H and O–H groups in total. The molecule has 6 nitrogen and oxygen atoms in total. The first-order valence-corrected chi connectivity index (χ1v) is 12.2. The van der Waals surface area contributed by atoms with E-state index in [1.54, 1.807) is 38.1 Å². The average molecular weight is 561 g/mol. The highest BCUT2D eigenvalue weighted by Gasteiger charge is 2.41. The first-order chi connectivity index (χ1) is 18.7. The van der Waals surface area contributed by atoms with Gasteiger partial charge in [0.1, 0.15) is 24.8 Å². The van der Waals surface area contributed by atoms with Crippen molar-refractivity contribution in [3.63, 3.8) is 0 Å². The van der Waals surface area contributed by atoms with E-state index < -0.39 is 47.2 Å². The quantitative estimate of drug-likeness (QED) is 0.288. The second-order valence-corrected chi connectivity index (χ2v) is 9.82. The molecule has 11 heteroatoms. The van der Waals surface area contributed by atoms with Crippen molar-refractivity contribution in [3.05, 3.63) is 88.9 Å². The van der Waals surface area contributed by atoms with Crippen LogP contribution < -0.4 is 14.8 Å². The summed E-state index contributed by atoms with van der Waals surface area (Å²) >= 11 is 0. The summed E-state index contributed by atoms with van der Waals surface area (Å²) in [6.45, 7) is 5.50. The molecule has 1 amide bonds. The van der Waals surface area contributed by atoms with Crippen LogP contribution in [-0.4, -0.2) is 29.8 Å². The van der Waals surface area contributed by atoms with Crippen LogP contribution in [-0.2, 0) is 16.5 Å². The number of benzene rings is 2. The number of amides is 1. The molecule has 0 saturated heterocycles. The van der Waals surface area contributed by atoms with Crippen LogP contribution in [0.4, 0.5) is 22.0 Å². The Bertz CT molecular complexity index is 1370. The van der Waals surface area contributed by atoms with Crippen molar-refractivity contribution >= 4 is 5.91 Å². The molecule has 1 heterocycles. The number of ether oxygens (including phenoxy) is 2. The zero-order chi connectivity index (χ0) is 29.7. The fraction of sp³-hybridized carbons (Fsp3) is 0.345. The van der Waals surface area contributed by atoms with Gasteiger partial charge in [-0.2, -0.15) is 18.4 Å². The third kappa shape index (κ3) is 7.05. The Balaban J connectivity index is 1.96. The third-order valence-electron chi connectivity index (χ3n) is 6.56. The summed E-state index contributed by atoms with van der Waals surface area (Å²) < 4.78 is 76.5. The standard InChI is InChI=1S/C29H28F5N3O3/c1-18(20-13-19(16-35)14-23(31)15-20)28(4,21-5-8-24(9-6-21)39-12-11-30)37-26(38)27(2,3)40-25-10-7-22(17-36-25)29(32,33)34/h5-10,13-15,17-18H,11-12H2,1-4H3,(H,37,38)/i30-1. The summed E-state index contributed by atoms with van der Waals surface area (Å²) in [5.41, 5.74) is -2.67. The SMILES string of the molecule is CC(c1cc(F)cc(C#N)c1)C(C)(NC(=O)C(C)(C)Oc1ccc(C(F)(F)F)cn1)c1ccc(OCC[18F])cc1. The van der Waals surface area contributed by atoms with Gasteiger partial charge < -0.3 is 14.8 Å². The van der Waals surface area contributed by atoms with E-state index in [4.69, 9.17) is 9.47 Å². The minimum atomic E-state index is -4.58. The normalized spacial score (nSPS) is 14.0. The molecule has 2 aromatic carbocycles. The van der Waals surface area contributed by atoms with E-state index in [1.165, 1.54) is 26.0 Å². The predicted octanol–water partition coefficient (Wildman–Crippen LogP) is 6.45. The monoisotopic (exact) mass is 560 g/mol. The second kappa shape index (κ2) is 11.9. The molecule has 3 rings (SSSR count). The van der Waals surface area contributed by atoms with Crippen LogP contribution in [0.2, 0.25) is 0 Å².